The largest absolute Gasteiger partial charge is 0.324 e. The van der Waals surface area contributed by atoms with Crippen LogP contribution < -0.4 is 5.32 Å². The Morgan fingerprint density at radius 1 is 1.03 bits per heavy atom. The number of rotatable bonds is 7. The van der Waals surface area contributed by atoms with Gasteiger partial charge < -0.3 is 5.32 Å². The number of pyridine rings is 1. The molecule has 31 heavy (non-hydrogen) atoms. The number of anilines is 1. The lowest BCUT2D eigenvalue weighted by Crippen LogP contribution is -2.38. The van der Waals surface area contributed by atoms with Crippen LogP contribution in [-0.2, 0) is 11.2 Å². The fourth-order valence-electron chi connectivity index (χ4n) is 3.83. The van der Waals surface area contributed by atoms with Crippen molar-refractivity contribution < 1.29 is 22.4 Å². The third-order valence-corrected chi connectivity index (χ3v) is 6.28. The molecule has 0 fully saturated rings. The highest BCUT2D eigenvalue weighted by Gasteiger charge is 2.39. The number of hydrogen-bond acceptors (Lipinski definition) is 2. The lowest BCUT2D eigenvalue weighted by molar-refractivity contribution is -0.126. The molecule has 1 amide bonds. The number of carbonyl (C=O) groups is 1. The molecular formula is C23H21BrF4N2O. The topological polar surface area (TPSA) is 42.0 Å². The van der Waals surface area contributed by atoms with Crippen molar-refractivity contribution in [3.05, 3.63) is 69.8 Å². The Morgan fingerprint density at radius 3 is 2.29 bits per heavy atom. The number of halogens is 5. The SMILES string of the molecule is CCCC(CC)(Cc1c(F)c(F)c(Br)c(F)c1F)C(=O)Nc1cccc2cccnc12. The minimum Gasteiger partial charge on any atom is -0.324 e. The molecule has 0 spiro atoms. The lowest BCUT2D eigenvalue weighted by atomic mass is 9.74. The van der Waals surface area contributed by atoms with E-state index in [0.29, 0.717) is 17.6 Å². The molecule has 3 aromatic rings. The Labute approximate surface area is 186 Å². The van der Waals surface area contributed by atoms with Gasteiger partial charge >= 0.3 is 0 Å². The Balaban J connectivity index is 2.04. The first-order chi connectivity index (χ1) is 14.8. The van der Waals surface area contributed by atoms with Crippen molar-refractivity contribution in [2.75, 3.05) is 5.32 Å². The molecule has 0 aliphatic heterocycles. The van der Waals surface area contributed by atoms with Crippen molar-refractivity contribution in [3.8, 4) is 0 Å². The van der Waals surface area contributed by atoms with Gasteiger partial charge in [0.25, 0.3) is 0 Å². The predicted molar refractivity (Wildman–Crippen MR) is 116 cm³/mol. The summed E-state index contributed by atoms with van der Waals surface area (Å²) in [5, 5.41) is 3.63. The first-order valence-corrected chi connectivity index (χ1v) is 10.7. The molecule has 0 aliphatic rings. The molecule has 1 N–H and O–H groups in total. The van der Waals surface area contributed by atoms with E-state index in [2.05, 4.69) is 26.2 Å². The smallest absolute Gasteiger partial charge is 0.230 e. The van der Waals surface area contributed by atoms with Crippen molar-refractivity contribution in [2.24, 2.45) is 5.41 Å². The van der Waals surface area contributed by atoms with Crippen molar-refractivity contribution in [2.45, 2.75) is 39.5 Å². The number of nitrogens with zero attached hydrogens (tertiary/aromatic N) is 1. The molecule has 0 bridgehead atoms. The summed E-state index contributed by atoms with van der Waals surface area (Å²) in [5.41, 5.74) is -1.04. The van der Waals surface area contributed by atoms with Gasteiger partial charge in [0, 0.05) is 17.1 Å². The molecule has 1 atom stereocenters. The van der Waals surface area contributed by atoms with Crippen LogP contribution in [0.5, 0.6) is 0 Å². The van der Waals surface area contributed by atoms with E-state index in [9.17, 15) is 22.4 Å². The van der Waals surface area contributed by atoms with E-state index in [1.165, 1.54) is 0 Å². The van der Waals surface area contributed by atoms with Gasteiger partial charge in [0.15, 0.2) is 23.3 Å². The van der Waals surface area contributed by atoms with Gasteiger partial charge in [0.1, 0.15) is 0 Å². The quantitative estimate of drug-likeness (QED) is 0.219. The van der Waals surface area contributed by atoms with Crippen LogP contribution in [0.2, 0.25) is 0 Å². The normalized spacial score (nSPS) is 13.3. The van der Waals surface area contributed by atoms with Gasteiger partial charge in [-0.3, -0.25) is 9.78 Å². The maximum absolute atomic E-state index is 14.6. The number of nitrogens with one attached hydrogen (secondary N) is 1. The molecule has 0 radical (unpaired) electrons. The van der Waals surface area contributed by atoms with Crippen LogP contribution in [0, 0.1) is 28.7 Å². The van der Waals surface area contributed by atoms with Crippen molar-refractivity contribution in [3.63, 3.8) is 0 Å². The number of aromatic nitrogens is 1. The zero-order valence-electron chi connectivity index (χ0n) is 17.0. The van der Waals surface area contributed by atoms with Crippen LogP contribution in [0.25, 0.3) is 10.9 Å². The summed E-state index contributed by atoms with van der Waals surface area (Å²) in [7, 11) is 0. The first kappa shape index (κ1) is 23.2. The van der Waals surface area contributed by atoms with E-state index in [1.54, 1.807) is 31.3 Å². The second-order valence-corrected chi connectivity index (χ2v) is 8.24. The Hall–Kier alpha value is -2.48. The highest BCUT2D eigenvalue weighted by molar-refractivity contribution is 9.10. The van der Waals surface area contributed by atoms with Gasteiger partial charge in [-0.15, -0.1) is 0 Å². The van der Waals surface area contributed by atoms with Crippen LogP contribution in [0.1, 0.15) is 38.7 Å². The van der Waals surface area contributed by atoms with E-state index in [1.807, 2.05) is 19.1 Å². The average molecular weight is 497 g/mol. The third kappa shape index (κ3) is 4.31. The summed E-state index contributed by atoms with van der Waals surface area (Å²) in [4.78, 5) is 17.7. The molecule has 1 unspecified atom stereocenters. The molecule has 2 aromatic carbocycles. The summed E-state index contributed by atoms with van der Waals surface area (Å²) in [6, 6.07) is 8.89. The number of para-hydroxylation sites is 1. The van der Waals surface area contributed by atoms with Crippen LogP contribution in [0.4, 0.5) is 23.2 Å². The maximum atomic E-state index is 14.6. The number of carbonyl (C=O) groups excluding carboxylic acids is 1. The third-order valence-electron chi connectivity index (χ3n) is 5.58. The summed E-state index contributed by atoms with van der Waals surface area (Å²) in [6.07, 6.45) is 2.12. The molecule has 3 nitrogen and oxygen atoms in total. The summed E-state index contributed by atoms with van der Waals surface area (Å²) < 4.78 is 56.4. The van der Waals surface area contributed by atoms with Gasteiger partial charge in [-0.05, 0) is 47.3 Å². The van der Waals surface area contributed by atoms with Crippen LogP contribution in [0.15, 0.2) is 41.0 Å². The van der Waals surface area contributed by atoms with E-state index < -0.39 is 51.0 Å². The standard InChI is InChI=1S/C23H21BrF4N2O/c1-3-10-23(4-2,12-14-17(25)19(27)16(24)20(28)18(14)26)22(31)30-15-9-5-7-13-8-6-11-29-21(13)15/h5-9,11H,3-4,10,12H2,1-2H3,(H,30,31). The van der Waals surface area contributed by atoms with E-state index in [0.717, 1.165) is 5.39 Å². The van der Waals surface area contributed by atoms with Gasteiger partial charge in [-0.25, -0.2) is 17.6 Å². The van der Waals surface area contributed by atoms with Crippen LogP contribution >= 0.6 is 15.9 Å². The fourth-order valence-corrected chi connectivity index (χ4v) is 4.18. The molecule has 1 heterocycles. The number of amides is 1. The Bertz CT molecular complexity index is 1100. The van der Waals surface area contributed by atoms with E-state index in [-0.39, 0.29) is 12.8 Å². The molecule has 1 aromatic heterocycles. The molecule has 164 valence electrons. The summed E-state index contributed by atoms with van der Waals surface area (Å²) >= 11 is 2.52. The molecule has 0 saturated heterocycles. The second-order valence-electron chi connectivity index (χ2n) is 7.44. The molecule has 3 rings (SSSR count). The Kier molecular flexibility index (Phi) is 6.99. The Morgan fingerprint density at radius 2 is 1.68 bits per heavy atom. The van der Waals surface area contributed by atoms with Crippen molar-refractivity contribution in [1.82, 2.24) is 4.98 Å². The zero-order chi connectivity index (χ0) is 22.8. The van der Waals surface area contributed by atoms with Gasteiger partial charge in [-0.2, -0.15) is 0 Å². The predicted octanol–water partition coefficient (Wildman–Crippen LogP) is 6.93. The molecular weight excluding hydrogens is 476 g/mol. The van der Waals surface area contributed by atoms with E-state index >= 15 is 0 Å². The minimum absolute atomic E-state index is 0.211. The maximum Gasteiger partial charge on any atom is 0.230 e. The van der Waals surface area contributed by atoms with Crippen molar-refractivity contribution >= 4 is 38.4 Å². The first-order valence-electron chi connectivity index (χ1n) is 9.91. The molecule has 8 heteroatoms. The van der Waals surface area contributed by atoms with Gasteiger partial charge in [0.2, 0.25) is 5.91 Å². The van der Waals surface area contributed by atoms with Crippen LogP contribution in [0.3, 0.4) is 0 Å². The minimum atomic E-state index is -1.52. The number of fused-ring (bicyclic) bond motifs is 1. The van der Waals surface area contributed by atoms with E-state index in [4.69, 9.17) is 0 Å². The van der Waals surface area contributed by atoms with Gasteiger partial charge in [-0.1, -0.05) is 38.5 Å². The van der Waals surface area contributed by atoms with Crippen molar-refractivity contribution in [1.29, 1.82) is 0 Å². The average Bonchev–Trinajstić information content (AvgIpc) is 2.78. The van der Waals surface area contributed by atoms with Gasteiger partial charge in [0.05, 0.1) is 21.1 Å². The summed E-state index contributed by atoms with van der Waals surface area (Å²) in [5.74, 6) is -6.53. The lowest BCUT2D eigenvalue weighted by Gasteiger charge is -2.32. The second kappa shape index (κ2) is 9.34. The number of benzene rings is 2. The van der Waals surface area contributed by atoms with Crippen LogP contribution in [-0.4, -0.2) is 10.9 Å². The molecule has 0 saturated carbocycles. The monoisotopic (exact) mass is 496 g/mol. The zero-order valence-corrected chi connectivity index (χ0v) is 18.6. The molecule has 0 aliphatic carbocycles. The number of hydrogen-bond donors (Lipinski definition) is 1. The fraction of sp³-hybridized carbons (Fsp3) is 0.304. The summed E-state index contributed by atoms with van der Waals surface area (Å²) in [6.45, 7) is 3.53. The highest BCUT2D eigenvalue weighted by atomic mass is 79.9. The highest BCUT2D eigenvalue weighted by Crippen LogP contribution is 2.38.